The van der Waals surface area contributed by atoms with Gasteiger partial charge in [-0.15, -0.1) is 0 Å². The molecule has 0 fully saturated rings. The number of sulfone groups is 5. The maximum absolute atomic E-state index is 13.0. The lowest BCUT2D eigenvalue weighted by molar-refractivity contribution is 0.336. The number of rotatable bonds is 19. The summed E-state index contributed by atoms with van der Waals surface area (Å²) in [5.74, 6) is 2.25. The Morgan fingerprint density at radius 1 is 0.312 bits per heavy atom. The smallest absolute Gasteiger partial charge is 0.355 e. The topological polar surface area (TPSA) is 368 Å². The Morgan fingerprint density at radius 3 is 0.800 bits per heavy atom. The van der Waals surface area contributed by atoms with Gasteiger partial charge in [0.2, 0.25) is 49.2 Å². The van der Waals surface area contributed by atoms with Gasteiger partial charge in [-0.3, -0.25) is 0 Å². The average molecular weight is 1810 g/mol. The predicted molar refractivity (Wildman–Crippen MR) is 475 cm³/mol. The summed E-state index contributed by atoms with van der Waals surface area (Å²) in [4.78, 5) is 59.9. The molecule has 15 aromatic rings. The molecule has 15 rings (SSSR count). The predicted octanol–water partition coefficient (Wildman–Crippen LogP) is 18.7. The number of para-hydroxylation sites is 5. The van der Waals surface area contributed by atoms with E-state index >= 15 is 0 Å². The summed E-state index contributed by atoms with van der Waals surface area (Å²) in [6, 6.07) is 60.1. The average Bonchev–Trinajstić information content (AvgIpc) is 0.783. The molecule has 25 nitrogen and oxygen atoms in total. The Hall–Kier alpha value is -12.7. The highest BCUT2D eigenvalue weighted by Gasteiger charge is 2.31. The molecule has 0 radical (unpaired) electrons. The number of halogens is 1. The summed E-state index contributed by atoms with van der Waals surface area (Å²) >= 11 is 5.78. The number of benzene rings is 10. The molecule has 650 valence electrons. The summed E-state index contributed by atoms with van der Waals surface area (Å²) in [6.07, 6.45) is 0. The highest BCUT2D eigenvalue weighted by Crippen LogP contribution is 2.36. The van der Waals surface area contributed by atoms with Crippen LogP contribution in [0.15, 0.2) is 326 Å². The molecular formula is C94H87ClO25S5. The molecule has 0 aliphatic carbocycles. The van der Waals surface area contributed by atoms with E-state index in [0.29, 0.717) is 80.5 Å². The van der Waals surface area contributed by atoms with E-state index in [0.717, 1.165) is 33.4 Å². The van der Waals surface area contributed by atoms with Gasteiger partial charge in [-0.1, -0.05) is 143 Å². The lowest BCUT2D eigenvalue weighted by atomic mass is 9.87. The van der Waals surface area contributed by atoms with Crippen LogP contribution in [0.25, 0.3) is 54.8 Å². The van der Waals surface area contributed by atoms with E-state index in [1.165, 1.54) is 105 Å². The molecular weight excluding hydrogens is 1720 g/mol. The van der Waals surface area contributed by atoms with Gasteiger partial charge in [0.05, 0.1) is 58.5 Å². The summed E-state index contributed by atoms with van der Waals surface area (Å²) in [6.45, 7) is 24.3. The van der Waals surface area contributed by atoms with Gasteiger partial charge in [-0.2, -0.15) is 0 Å². The summed E-state index contributed by atoms with van der Waals surface area (Å²) in [5, 5.41) is 2.82. The number of ether oxygens (including phenoxy) is 5. The molecule has 0 saturated heterocycles. The van der Waals surface area contributed by atoms with Crippen LogP contribution in [0.1, 0.15) is 94.7 Å². The van der Waals surface area contributed by atoms with Crippen LogP contribution in [0.2, 0.25) is 5.02 Å². The maximum Gasteiger partial charge on any atom is 0.355 e. The van der Waals surface area contributed by atoms with E-state index in [2.05, 4.69) is 0 Å². The van der Waals surface area contributed by atoms with Crippen molar-refractivity contribution in [2.45, 2.75) is 143 Å². The molecule has 0 unspecified atom stereocenters. The first-order valence-electron chi connectivity index (χ1n) is 38.8. The van der Waals surface area contributed by atoms with Gasteiger partial charge in [0.15, 0.2) is 81.1 Å². The van der Waals surface area contributed by atoms with Crippen LogP contribution in [-0.4, -0.2) is 76.1 Å². The zero-order chi connectivity index (χ0) is 91.0. The van der Waals surface area contributed by atoms with Gasteiger partial charge in [-0.05, 0) is 227 Å². The fraction of sp³-hybridized carbons (Fsp3) is 0.202. The Balaban J connectivity index is 0.000000152. The number of fused-ring (bicyclic) bond motifs is 5. The number of aryl methyl sites for hydroxylation is 4. The van der Waals surface area contributed by atoms with Crippen LogP contribution in [0.4, 0.5) is 0 Å². The van der Waals surface area contributed by atoms with Crippen molar-refractivity contribution in [2.75, 3.05) is 34.0 Å². The minimum absolute atomic E-state index is 0.0282. The quantitative estimate of drug-likeness (QED) is 0.0678. The normalized spacial score (nSPS) is 11.8. The fourth-order valence-corrected chi connectivity index (χ4v) is 19.5. The molecule has 0 saturated carbocycles. The monoisotopic (exact) mass is 1810 g/mol. The zero-order valence-corrected chi connectivity index (χ0v) is 75.1. The maximum atomic E-state index is 13.0. The van der Waals surface area contributed by atoms with Crippen molar-refractivity contribution in [3.63, 3.8) is 0 Å². The van der Waals surface area contributed by atoms with Gasteiger partial charge in [0.25, 0.3) is 0 Å². The molecule has 5 aromatic heterocycles. The SMILES string of the molecule is CCOc1cccc2cc(S(=O)(=O)c3ccc(C(C)(C)C)cc3)c(=O)oc12.CCOc1cccc2cc(S(=O)(=O)c3ccc(C)c(C)c3)c(=O)oc12.CCOc1cccc2cc(S(=O)(=O)c3ccc(Cl)cc3)c(=O)oc12.COc1cccc2cc(S(=O)(=O)c3ccc(C(C)C)cc3)c(=O)oc12.COc1cccc2cc(S(=O)(=O)c3ccc(C)c(C)c3)c(=O)oc12. The Labute approximate surface area is 725 Å². The fourth-order valence-electron chi connectivity index (χ4n) is 12.7. The van der Waals surface area contributed by atoms with Crippen LogP contribution in [-0.2, 0) is 54.6 Å². The third kappa shape index (κ3) is 20.2. The van der Waals surface area contributed by atoms with Crippen molar-refractivity contribution >= 4 is 116 Å². The minimum atomic E-state index is -4.01. The second-order valence-corrected chi connectivity index (χ2v) is 39.6. The first-order chi connectivity index (χ1) is 59.1. The summed E-state index contributed by atoms with van der Waals surface area (Å²) in [7, 11) is -17.0. The molecule has 0 atom stereocenters. The highest BCUT2D eigenvalue weighted by atomic mass is 35.5. The van der Waals surface area contributed by atoms with E-state index in [9.17, 15) is 66.1 Å². The van der Waals surface area contributed by atoms with Crippen molar-refractivity contribution < 1.29 is 87.9 Å². The van der Waals surface area contributed by atoms with E-state index in [1.54, 1.807) is 146 Å². The van der Waals surface area contributed by atoms with Crippen LogP contribution >= 0.6 is 11.6 Å². The third-order valence-electron chi connectivity index (χ3n) is 19.8. The van der Waals surface area contributed by atoms with Crippen LogP contribution in [0.5, 0.6) is 28.7 Å². The Bertz CT molecular complexity index is 7560. The third-order valence-corrected chi connectivity index (χ3v) is 28.8. The van der Waals surface area contributed by atoms with E-state index in [1.807, 2.05) is 76.2 Å². The first kappa shape index (κ1) is 93.0. The van der Waals surface area contributed by atoms with Crippen molar-refractivity contribution in [1.29, 1.82) is 0 Å². The number of methoxy groups -OCH3 is 2. The van der Waals surface area contributed by atoms with E-state index < -0.39 is 82.2 Å². The van der Waals surface area contributed by atoms with Crippen LogP contribution in [0, 0.1) is 27.7 Å². The molecule has 0 spiro atoms. The van der Waals surface area contributed by atoms with Crippen LogP contribution in [0.3, 0.4) is 0 Å². The number of hydrogen-bond acceptors (Lipinski definition) is 25. The standard InChI is InChI=1S/C21H22O5S.2C19H18O5S.C18H16O5S.C17H13ClO5S/c1-5-25-17-8-6-7-14-13-18(20(22)26-19(14)17)27(23,24)16-11-9-15(10-12-16)21(2,3)4;1-12(2)13-7-9-15(10-8-13)25(21,22)17-11-14-5-4-6-16(23-3)18(14)24-19(17)20;1-4-23-16-7-5-6-14-11-17(19(20)24-18(14)16)25(21,22)15-9-8-12(2)13(3)10-15;1-11-7-8-14(9-12(11)2)24(20,21)16-10-13-5-4-6-15(22-3)17(13)23-18(16)19;1-2-22-14-5-3-4-11-10-15(17(19)23-16(11)14)24(20,21)13-8-6-12(18)7-9-13/h6-13H,5H2,1-4H3;4-12H,1-3H3;5-11H,4H2,1-3H3;4-10H,1-3H3;3-10H,2H2,1H3. The second kappa shape index (κ2) is 38.2. The number of hydrogen-bond donors (Lipinski definition) is 0. The van der Waals surface area contributed by atoms with Gasteiger partial charge in [0, 0.05) is 32.0 Å². The molecule has 0 aliphatic heterocycles. The first-order valence-corrected chi connectivity index (χ1v) is 46.6. The van der Waals surface area contributed by atoms with Crippen LogP contribution < -0.4 is 51.8 Å². The summed E-state index contributed by atoms with van der Waals surface area (Å²) < 4.78 is 181. The molecule has 10 aromatic carbocycles. The molecule has 31 heteroatoms. The molecule has 125 heavy (non-hydrogen) atoms. The second-order valence-electron chi connectivity index (χ2n) is 29.5. The van der Waals surface area contributed by atoms with Gasteiger partial charge >= 0.3 is 28.1 Å². The molecule has 0 bridgehead atoms. The van der Waals surface area contributed by atoms with Crippen molar-refractivity contribution in [3.05, 3.63) is 321 Å². The lowest BCUT2D eigenvalue weighted by Crippen LogP contribution is -2.15. The van der Waals surface area contributed by atoms with Crippen molar-refractivity contribution in [1.82, 2.24) is 0 Å². The van der Waals surface area contributed by atoms with Gasteiger partial charge < -0.3 is 45.8 Å². The van der Waals surface area contributed by atoms with E-state index in [4.69, 9.17) is 57.4 Å². The highest BCUT2D eigenvalue weighted by molar-refractivity contribution is 7.92. The van der Waals surface area contributed by atoms with Crippen molar-refractivity contribution in [2.24, 2.45) is 0 Å². The Morgan fingerprint density at radius 2 is 0.552 bits per heavy atom. The molecule has 0 N–H and O–H groups in total. The molecule has 5 heterocycles. The molecule has 0 amide bonds. The minimum Gasteiger partial charge on any atom is -0.493 e. The summed E-state index contributed by atoms with van der Waals surface area (Å²) in [5.41, 5.74) is 2.14. The van der Waals surface area contributed by atoms with Gasteiger partial charge in [-0.25, -0.2) is 66.1 Å². The largest absolute Gasteiger partial charge is 0.493 e. The van der Waals surface area contributed by atoms with Crippen molar-refractivity contribution in [3.8, 4) is 28.7 Å². The molecule has 0 aliphatic rings. The lowest BCUT2D eigenvalue weighted by Gasteiger charge is -2.19. The van der Waals surface area contributed by atoms with E-state index in [-0.39, 0.29) is 83.3 Å². The zero-order valence-electron chi connectivity index (χ0n) is 70.3. The Kier molecular flexibility index (Phi) is 28.4. The van der Waals surface area contributed by atoms with Gasteiger partial charge in [0.1, 0.15) is 0 Å².